The Morgan fingerprint density at radius 1 is 1.39 bits per heavy atom. The van der Waals surface area contributed by atoms with Gasteiger partial charge in [-0.25, -0.2) is 13.1 Å². The number of hydrogen-bond donors (Lipinski definition) is 2. The summed E-state index contributed by atoms with van der Waals surface area (Å²) < 4.78 is 27.6. The summed E-state index contributed by atoms with van der Waals surface area (Å²) in [5.74, 6) is -0.136. The van der Waals surface area contributed by atoms with Gasteiger partial charge < -0.3 is 5.11 Å². The molecule has 0 saturated heterocycles. The zero-order valence-electron chi connectivity index (χ0n) is 10.6. The summed E-state index contributed by atoms with van der Waals surface area (Å²) in [4.78, 5) is 0.222. The van der Waals surface area contributed by atoms with Gasteiger partial charge in [0.1, 0.15) is 0 Å². The average Bonchev–Trinajstić information content (AvgIpc) is 2.30. The summed E-state index contributed by atoms with van der Waals surface area (Å²) in [6, 6.07) is 4.76. The maximum absolute atomic E-state index is 12.2. The Balaban J connectivity index is 3.04. The van der Waals surface area contributed by atoms with Crippen molar-refractivity contribution in [3.8, 4) is 0 Å². The Morgan fingerprint density at radius 2 is 2.00 bits per heavy atom. The Morgan fingerprint density at radius 3 is 2.56 bits per heavy atom. The van der Waals surface area contributed by atoms with E-state index in [1.807, 2.05) is 13.0 Å². The second-order valence-corrected chi connectivity index (χ2v) is 6.93. The topological polar surface area (TPSA) is 66.4 Å². The normalized spacial score (nSPS) is 15.4. The van der Waals surface area contributed by atoms with Gasteiger partial charge in [0.15, 0.2) is 0 Å². The molecule has 0 aliphatic rings. The molecule has 0 amide bonds. The summed E-state index contributed by atoms with van der Waals surface area (Å²) in [5, 5.41) is 9.03. The van der Waals surface area contributed by atoms with Gasteiger partial charge in [-0.1, -0.05) is 19.1 Å². The molecule has 1 aromatic carbocycles. The highest BCUT2D eigenvalue weighted by atomic mass is 79.9. The van der Waals surface area contributed by atoms with E-state index in [9.17, 15) is 8.42 Å². The summed E-state index contributed by atoms with van der Waals surface area (Å²) in [6.45, 7) is 5.31. The minimum atomic E-state index is -3.58. The van der Waals surface area contributed by atoms with Crippen LogP contribution in [-0.2, 0) is 10.0 Å². The van der Waals surface area contributed by atoms with Crippen molar-refractivity contribution in [2.45, 2.75) is 31.7 Å². The van der Waals surface area contributed by atoms with Crippen LogP contribution in [0.3, 0.4) is 0 Å². The molecule has 0 spiro atoms. The molecule has 2 atom stereocenters. The van der Waals surface area contributed by atoms with Crippen LogP contribution in [0.2, 0.25) is 0 Å². The molecule has 0 aliphatic carbocycles. The molecule has 6 heteroatoms. The molecule has 0 fully saturated rings. The van der Waals surface area contributed by atoms with Gasteiger partial charge in [-0.15, -0.1) is 0 Å². The van der Waals surface area contributed by atoms with Crippen molar-refractivity contribution in [3.63, 3.8) is 0 Å². The van der Waals surface area contributed by atoms with Crippen molar-refractivity contribution in [2.75, 3.05) is 6.61 Å². The van der Waals surface area contributed by atoms with Crippen LogP contribution in [0.5, 0.6) is 0 Å². The van der Waals surface area contributed by atoms with Crippen LogP contribution in [0.4, 0.5) is 0 Å². The van der Waals surface area contributed by atoms with Crippen LogP contribution in [0, 0.1) is 12.8 Å². The summed E-state index contributed by atoms with van der Waals surface area (Å²) >= 11 is 3.29. The summed E-state index contributed by atoms with van der Waals surface area (Å²) in [6.07, 6.45) is 0. The minimum absolute atomic E-state index is 0.0569. The van der Waals surface area contributed by atoms with E-state index in [0.717, 1.165) is 5.56 Å². The Kier molecular flexibility index (Phi) is 5.33. The first kappa shape index (κ1) is 15.6. The highest BCUT2D eigenvalue weighted by Crippen LogP contribution is 2.25. The van der Waals surface area contributed by atoms with Crippen molar-refractivity contribution in [2.24, 2.45) is 5.92 Å². The quantitative estimate of drug-likeness (QED) is 0.865. The molecule has 2 N–H and O–H groups in total. The van der Waals surface area contributed by atoms with E-state index in [1.165, 1.54) is 0 Å². The van der Waals surface area contributed by atoms with Crippen molar-refractivity contribution in [1.29, 1.82) is 0 Å². The fourth-order valence-electron chi connectivity index (χ4n) is 1.41. The fraction of sp³-hybridized carbons (Fsp3) is 0.500. The maximum atomic E-state index is 12.2. The first-order valence-electron chi connectivity index (χ1n) is 5.68. The lowest BCUT2D eigenvalue weighted by Crippen LogP contribution is -2.38. The SMILES string of the molecule is Cc1cccc(S(=O)(=O)NC(C)C(C)CO)c1Br. The lowest BCUT2D eigenvalue weighted by molar-refractivity contribution is 0.216. The molecule has 0 radical (unpaired) electrons. The molecule has 18 heavy (non-hydrogen) atoms. The van der Waals surface area contributed by atoms with Crippen molar-refractivity contribution < 1.29 is 13.5 Å². The van der Waals surface area contributed by atoms with Gasteiger partial charge in [-0.3, -0.25) is 0 Å². The molecule has 0 bridgehead atoms. The summed E-state index contributed by atoms with van der Waals surface area (Å²) in [5.41, 5.74) is 0.862. The number of benzene rings is 1. The van der Waals surface area contributed by atoms with Gasteiger partial charge >= 0.3 is 0 Å². The van der Waals surface area contributed by atoms with Gasteiger partial charge in [-0.05, 0) is 47.3 Å². The third kappa shape index (κ3) is 3.54. The molecule has 1 rings (SSSR count). The third-order valence-corrected chi connectivity index (χ3v) is 5.84. The molecule has 4 nitrogen and oxygen atoms in total. The predicted molar refractivity (Wildman–Crippen MR) is 74.9 cm³/mol. The highest BCUT2D eigenvalue weighted by molar-refractivity contribution is 9.10. The van der Waals surface area contributed by atoms with E-state index in [1.54, 1.807) is 26.0 Å². The molecule has 2 unspecified atom stereocenters. The summed E-state index contributed by atoms with van der Waals surface area (Å²) in [7, 11) is -3.58. The number of rotatable bonds is 5. The monoisotopic (exact) mass is 335 g/mol. The average molecular weight is 336 g/mol. The molecule has 102 valence electrons. The first-order chi connectivity index (χ1) is 8.29. The van der Waals surface area contributed by atoms with E-state index >= 15 is 0 Å². The van der Waals surface area contributed by atoms with Crippen molar-refractivity contribution >= 4 is 26.0 Å². The van der Waals surface area contributed by atoms with Gasteiger partial charge in [0.25, 0.3) is 0 Å². The fourth-order valence-corrected chi connectivity index (χ4v) is 3.82. The standard InChI is InChI=1S/C12H18BrNO3S/c1-8-5-4-6-11(12(8)13)18(16,17)14-10(3)9(2)7-15/h4-6,9-10,14-15H,7H2,1-3H3. The van der Waals surface area contributed by atoms with Crippen LogP contribution >= 0.6 is 15.9 Å². The molecule has 0 aromatic heterocycles. The number of aryl methyl sites for hydroxylation is 1. The van der Waals surface area contributed by atoms with Crippen LogP contribution < -0.4 is 4.72 Å². The highest BCUT2D eigenvalue weighted by Gasteiger charge is 2.23. The lowest BCUT2D eigenvalue weighted by atomic mass is 10.1. The van der Waals surface area contributed by atoms with Crippen molar-refractivity contribution in [1.82, 2.24) is 4.72 Å². The predicted octanol–water partition coefficient (Wildman–Crippen LogP) is 2.05. The molecular formula is C12H18BrNO3S. The maximum Gasteiger partial charge on any atom is 0.241 e. The zero-order chi connectivity index (χ0) is 13.9. The first-order valence-corrected chi connectivity index (χ1v) is 7.95. The molecule has 0 saturated carbocycles. The van der Waals surface area contributed by atoms with Crippen LogP contribution in [0.1, 0.15) is 19.4 Å². The number of hydrogen-bond acceptors (Lipinski definition) is 3. The second kappa shape index (κ2) is 6.14. The number of aliphatic hydroxyl groups excluding tert-OH is 1. The van der Waals surface area contributed by atoms with E-state index < -0.39 is 10.0 Å². The second-order valence-electron chi connectivity index (χ2n) is 4.46. The Hall–Kier alpha value is -0.430. The molecular weight excluding hydrogens is 318 g/mol. The third-order valence-electron chi connectivity index (χ3n) is 2.93. The molecule has 1 aromatic rings. The van der Waals surface area contributed by atoms with Gasteiger partial charge in [-0.2, -0.15) is 0 Å². The zero-order valence-corrected chi connectivity index (χ0v) is 13.0. The van der Waals surface area contributed by atoms with E-state index in [0.29, 0.717) is 4.47 Å². The van der Waals surface area contributed by atoms with Gasteiger partial charge in [0.05, 0.1) is 4.90 Å². The minimum Gasteiger partial charge on any atom is -0.396 e. The Labute approximate surface area is 117 Å². The molecule has 0 heterocycles. The van der Waals surface area contributed by atoms with Crippen LogP contribution in [0.15, 0.2) is 27.6 Å². The van der Waals surface area contributed by atoms with E-state index in [4.69, 9.17) is 5.11 Å². The lowest BCUT2D eigenvalue weighted by Gasteiger charge is -2.20. The van der Waals surface area contributed by atoms with Crippen molar-refractivity contribution in [3.05, 3.63) is 28.2 Å². The van der Waals surface area contributed by atoms with Crippen LogP contribution in [-0.4, -0.2) is 26.2 Å². The number of halogens is 1. The number of aliphatic hydroxyl groups is 1. The smallest absolute Gasteiger partial charge is 0.241 e. The van der Waals surface area contributed by atoms with E-state index in [-0.39, 0.29) is 23.5 Å². The van der Waals surface area contributed by atoms with Crippen LogP contribution in [0.25, 0.3) is 0 Å². The van der Waals surface area contributed by atoms with E-state index in [2.05, 4.69) is 20.7 Å². The van der Waals surface area contributed by atoms with Gasteiger partial charge in [0.2, 0.25) is 10.0 Å². The molecule has 0 aliphatic heterocycles. The van der Waals surface area contributed by atoms with Gasteiger partial charge in [0, 0.05) is 17.1 Å². The number of nitrogens with one attached hydrogen (secondary N) is 1. The Bertz CT molecular complexity index is 516. The largest absolute Gasteiger partial charge is 0.396 e. The number of sulfonamides is 1.